The number of hydrogen-bond acceptors (Lipinski definition) is 10. The summed E-state index contributed by atoms with van der Waals surface area (Å²) in [6.45, 7) is 3.05. The Kier molecular flexibility index (Phi) is 35.9. The molecule has 0 amide bonds. The van der Waals surface area contributed by atoms with Crippen molar-refractivity contribution in [3.8, 4) is 73.4 Å². The van der Waals surface area contributed by atoms with Crippen molar-refractivity contribution in [2.75, 3.05) is 35.5 Å². The van der Waals surface area contributed by atoms with Crippen molar-refractivity contribution in [1.29, 1.82) is 0 Å². The quantitative estimate of drug-likeness (QED) is 0.0386. The fraction of sp³-hybridized carbons (Fsp3) is 0.109. The van der Waals surface area contributed by atoms with Crippen molar-refractivity contribution in [2.24, 2.45) is 0 Å². The second kappa shape index (κ2) is 48.1. The Morgan fingerprint density at radius 1 is 0.266 bits per heavy atom. The number of pyridine rings is 4. The number of aromatic nitrogens is 4. The Morgan fingerprint density at radius 2 is 0.645 bits per heavy atom. The SMILES string of the molecule is CCCCCCCCCCOc1cccc(-c2cc[c-]c(-c3nccc4ccccc34)c2)c1.COc1ccc(N(c2ccc(OC)cc2)c2cc[c-]c(-c3ccccn3)c2)cc1.[Ir].[Ir].[Ir].[Ir].[c-]1ccc(N(c2cccc3ccccc23)c2cccc3ccccc23)cc1-c1ccccn1.[c-]1ccc(N(c2ccccc2)c2ccccc2)cc1-c1ccccn1. The van der Waals surface area contributed by atoms with Gasteiger partial charge in [-0.25, -0.2) is 0 Å². The van der Waals surface area contributed by atoms with Gasteiger partial charge in [-0.05, 0) is 195 Å². The van der Waals surface area contributed by atoms with Crippen molar-refractivity contribution >= 4 is 83.5 Å². The number of anilines is 9. The number of hydrogen-bond donors (Lipinski definition) is 0. The largest absolute Gasteiger partial charge is 0.497 e. The second-order valence-electron chi connectivity index (χ2n) is 28.8. The Morgan fingerprint density at radius 3 is 1.10 bits per heavy atom. The van der Waals surface area contributed by atoms with Crippen molar-refractivity contribution in [3.63, 3.8) is 0 Å². The van der Waals surface area contributed by atoms with Gasteiger partial charge in [0.05, 0.1) is 32.2 Å². The number of unbranched alkanes of at least 4 members (excludes halogenated alkanes) is 7. The first kappa shape index (κ1) is 92.6. The second-order valence-corrected chi connectivity index (χ2v) is 28.8. The van der Waals surface area contributed by atoms with Crippen LogP contribution in [-0.2, 0) is 80.4 Å². The van der Waals surface area contributed by atoms with Gasteiger partial charge in [0.25, 0.3) is 0 Å². The van der Waals surface area contributed by atoms with Gasteiger partial charge in [0.15, 0.2) is 0 Å². The van der Waals surface area contributed by atoms with Crippen LogP contribution in [0, 0.1) is 24.3 Å². The van der Waals surface area contributed by atoms with E-state index in [0.717, 1.165) is 143 Å². The van der Waals surface area contributed by atoms with Crippen LogP contribution in [-0.4, -0.2) is 40.8 Å². The summed E-state index contributed by atoms with van der Waals surface area (Å²) >= 11 is 0. The van der Waals surface area contributed by atoms with Crippen LogP contribution in [0.2, 0.25) is 0 Å². The van der Waals surface area contributed by atoms with Crippen LogP contribution in [0.15, 0.2) is 401 Å². The molecule has 0 bridgehead atoms. The number of ether oxygens (including phenoxy) is 3. The molecule has 0 aliphatic heterocycles. The summed E-state index contributed by atoms with van der Waals surface area (Å²) in [7, 11) is 3.34. The zero-order valence-corrected chi connectivity index (χ0v) is 78.7. The zero-order valence-electron chi connectivity index (χ0n) is 69.2. The average molecular weight is 2330 g/mol. The van der Waals surface area contributed by atoms with Gasteiger partial charge in [-0.1, -0.05) is 234 Å². The van der Waals surface area contributed by atoms with Crippen LogP contribution in [0.25, 0.3) is 88.5 Å². The van der Waals surface area contributed by atoms with Gasteiger partial charge in [-0.3, -0.25) is 0 Å². The Labute approximate surface area is 783 Å². The summed E-state index contributed by atoms with van der Waals surface area (Å²) in [5, 5.41) is 7.19. The van der Waals surface area contributed by atoms with Crippen LogP contribution in [0.3, 0.4) is 0 Å². The number of methoxy groups -OCH3 is 2. The Bertz CT molecular complexity index is 6080. The van der Waals surface area contributed by atoms with Crippen molar-refractivity contribution in [2.45, 2.75) is 58.3 Å². The van der Waals surface area contributed by atoms with E-state index in [0.29, 0.717) is 0 Å². The molecular weight excluding hydrogens is 2240 g/mol. The predicted octanol–water partition coefficient (Wildman–Crippen LogP) is 29.3. The molecule has 10 nitrogen and oxygen atoms in total. The van der Waals surface area contributed by atoms with Gasteiger partial charge in [0, 0.05) is 139 Å². The topological polar surface area (TPSA) is 89.0 Å². The minimum absolute atomic E-state index is 0. The van der Waals surface area contributed by atoms with Crippen LogP contribution in [0.1, 0.15) is 58.3 Å². The molecule has 124 heavy (non-hydrogen) atoms. The van der Waals surface area contributed by atoms with E-state index >= 15 is 0 Å². The summed E-state index contributed by atoms with van der Waals surface area (Å²) < 4.78 is 16.7. The maximum absolute atomic E-state index is 6.07. The molecule has 0 saturated heterocycles. The molecule has 0 unspecified atom stereocenters. The summed E-state index contributed by atoms with van der Waals surface area (Å²) in [6, 6.07) is 142. The first-order valence-corrected chi connectivity index (χ1v) is 41.1. The van der Waals surface area contributed by atoms with Gasteiger partial charge >= 0.3 is 0 Å². The molecule has 0 fully saturated rings. The van der Waals surface area contributed by atoms with Crippen LogP contribution < -0.4 is 28.9 Å². The van der Waals surface area contributed by atoms with Crippen molar-refractivity contribution < 1.29 is 94.6 Å². The standard InChI is InChI=1S/C31H21N2.C31H34NO.C25H21N2O2.C23H17N2.4Ir/c1-3-16-27-23(10-1)12-8-19-30(27)33(31-20-9-13-24-11-2-4-17-28(24)31)26-15-7-14-25(22-26)29-18-5-6-21-32-29;1-2-3-4-5-6-7-8-11-22-33-29-18-13-16-27(24-29)26-15-12-17-28(23-26)31-30-19-10-9-14-25(30)20-21-32-31;1-28-23-13-9-20(10-14-23)27(21-11-15-24(29-2)16-12-21)22-7-5-6-19(18-22)25-8-3-4-17-26-25;1-3-11-20(12-4-1)25(21-13-5-2-6-14-21)22-15-9-10-19(18-22)23-16-7-8-17-24-23;;;;/h1-13,15-22H;9-10,12-16,18-21,23-24H,2-8,11,22H2,1H3;3-5,7-18H,1-2H3;1-9,11-18H;;;;/q4*-1;;;;. The van der Waals surface area contributed by atoms with Gasteiger partial charge in [0.1, 0.15) is 17.2 Å². The summed E-state index contributed by atoms with van der Waals surface area (Å²) in [4.78, 5) is 24.9. The van der Waals surface area contributed by atoms with Crippen LogP contribution >= 0.6 is 0 Å². The van der Waals surface area contributed by atoms with Crippen molar-refractivity contribution in [3.05, 3.63) is 425 Å². The summed E-state index contributed by atoms with van der Waals surface area (Å²) in [5.41, 5.74) is 19.6. The third-order valence-corrected chi connectivity index (χ3v) is 20.8. The normalized spacial score (nSPS) is 10.4. The maximum Gasteiger partial charge on any atom is 0.119 e. The number of benzene rings is 14. The van der Waals surface area contributed by atoms with Crippen LogP contribution in [0.5, 0.6) is 17.2 Å². The molecule has 0 N–H and O–H groups in total. The molecule has 0 saturated carbocycles. The van der Waals surface area contributed by atoms with E-state index in [2.05, 4.69) is 296 Å². The number of fused-ring (bicyclic) bond motifs is 3. The number of nitrogens with zero attached hydrogens (tertiary/aromatic N) is 7. The molecule has 0 aliphatic rings. The Balaban J connectivity index is 0.000000160. The molecule has 0 aliphatic carbocycles. The molecule has 4 aromatic heterocycles. The minimum Gasteiger partial charge on any atom is -0.497 e. The molecule has 14 aromatic carbocycles. The minimum atomic E-state index is 0. The smallest absolute Gasteiger partial charge is 0.119 e. The summed E-state index contributed by atoms with van der Waals surface area (Å²) in [5.74, 6) is 2.58. The van der Waals surface area contributed by atoms with E-state index in [1.165, 1.54) is 71.9 Å². The van der Waals surface area contributed by atoms with Gasteiger partial charge in [-0.2, -0.15) is 0 Å². The van der Waals surface area contributed by atoms with Crippen molar-refractivity contribution in [1.82, 2.24) is 19.9 Å². The average Bonchev–Trinajstić information content (AvgIpc) is 0.741. The molecule has 0 atom stereocenters. The third-order valence-electron chi connectivity index (χ3n) is 20.8. The maximum atomic E-state index is 6.07. The van der Waals surface area contributed by atoms with E-state index in [4.69, 9.17) is 14.2 Å². The monoisotopic (exact) mass is 2330 g/mol. The zero-order chi connectivity index (χ0) is 81.7. The number of rotatable bonds is 26. The Hall–Kier alpha value is -12.1. The van der Waals surface area contributed by atoms with E-state index in [-0.39, 0.29) is 80.4 Å². The van der Waals surface area contributed by atoms with E-state index in [1.54, 1.807) is 20.4 Å². The molecule has 14 heteroatoms. The summed E-state index contributed by atoms with van der Waals surface area (Å²) in [6.07, 6.45) is 17.8. The first-order chi connectivity index (χ1) is 59.4. The van der Waals surface area contributed by atoms with Gasteiger partial charge < -0.3 is 48.8 Å². The molecule has 4 heterocycles. The molecule has 18 rings (SSSR count). The van der Waals surface area contributed by atoms with E-state index in [9.17, 15) is 0 Å². The molecule has 4 radical (unpaired) electrons. The fourth-order valence-corrected chi connectivity index (χ4v) is 14.8. The third kappa shape index (κ3) is 24.2. The molecule has 18 aromatic rings. The number of para-hydroxylation sites is 2. The molecule has 0 spiro atoms. The first-order valence-electron chi connectivity index (χ1n) is 41.1. The molecule has 626 valence electrons. The van der Waals surface area contributed by atoms with Crippen LogP contribution in [0.4, 0.5) is 51.2 Å². The molecular formula is C110H93Ir4N7O3-4. The predicted molar refractivity (Wildman–Crippen MR) is 497 cm³/mol. The van der Waals surface area contributed by atoms with Gasteiger partial charge in [0.2, 0.25) is 0 Å². The van der Waals surface area contributed by atoms with Gasteiger partial charge in [-0.15, -0.1) is 125 Å². The fourth-order valence-electron chi connectivity index (χ4n) is 14.8. The van der Waals surface area contributed by atoms with E-state index < -0.39 is 0 Å². The van der Waals surface area contributed by atoms with E-state index in [1.807, 2.05) is 164 Å².